The highest BCUT2D eigenvalue weighted by molar-refractivity contribution is 5.94. The first-order chi connectivity index (χ1) is 7.52. The van der Waals surface area contributed by atoms with Crippen LogP contribution >= 0.6 is 0 Å². The minimum absolute atomic E-state index is 0.0800. The van der Waals surface area contributed by atoms with Crippen molar-refractivity contribution in [1.29, 1.82) is 0 Å². The number of carbonyl (C=O) groups is 1. The van der Waals surface area contributed by atoms with Gasteiger partial charge in [0.15, 0.2) is 0 Å². The Labute approximate surface area is 93.9 Å². The van der Waals surface area contributed by atoms with Crippen molar-refractivity contribution in [3.8, 4) is 0 Å². The standard InChI is InChI=1S/C11H15N3O2/c1-11(16)6-14(7-11)10(15)8-2-3-13-9(4-8)5-12/h2-4,16H,5-7,12H2,1H3. The Hall–Kier alpha value is -1.46. The lowest BCUT2D eigenvalue weighted by Gasteiger charge is -2.44. The number of carbonyl (C=O) groups excluding carboxylic acids is 1. The summed E-state index contributed by atoms with van der Waals surface area (Å²) in [6.45, 7) is 2.80. The van der Waals surface area contributed by atoms with Crippen LogP contribution in [0.4, 0.5) is 0 Å². The lowest BCUT2D eigenvalue weighted by Crippen LogP contribution is -2.61. The molecule has 3 N–H and O–H groups in total. The second kappa shape index (κ2) is 3.84. The molecule has 1 aromatic heterocycles. The predicted octanol–water partition coefficient (Wildman–Crippen LogP) is -0.253. The number of β-amino-alcohol motifs (C(OH)–C–C–N with tert-alkyl or cyclic N) is 1. The third kappa shape index (κ3) is 2.05. The summed E-state index contributed by atoms with van der Waals surface area (Å²) < 4.78 is 0. The lowest BCUT2D eigenvalue weighted by atomic mass is 9.96. The van der Waals surface area contributed by atoms with E-state index in [0.29, 0.717) is 30.9 Å². The van der Waals surface area contributed by atoms with Crippen LogP contribution in [0, 0.1) is 0 Å². The number of aliphatic hydroxyl groups is 1. The van der Waals surface area contributed by atoms with Crippen molar-refractivity contribution in [2.75, 3.05) is 13.1 Å². The molecule has 0 aromatic carbocycles. The Morgan fingerprint density at radius 2 is 2.38 bits per heavy atom. The van der Waals surface area contributed by atoms with Crippen molar-refractivity contribution in [2.45, 2.75) is 19.1 Å². The second-order valence-corrected chi connectivity index (χ2v) is 4.40. The number of rotatable bonds is 2. The van der Waals surface area contributed by atoms with Crippen molar-refractivity contribution in [1.82, 2.24) is 9.88 Å². The van der Waals surface area contributed by atoms with Crippen LogP contribution in [0.1, 0.15) is 23.0 Å². The third-order valence-electron chi connectivity index (χ3n) is 2.62. The largest absolute Gasteiger partial charge is 0.386 e. The fraction of sp³-hybridized carbons (Fsp3) is 0.455. The summed E-state index contributed by atoms with van der Waals surface area (Å²) in [4.78, 5) is 17.6. The van der Waals surface area contributed by atoms with Crippen LogP contribution < -0.4 is 5.73 Å². The van der Waals surface area contributed by atoms with E-state index in [-0.39, 0.29) is 5.91 Å². The Morgan fingerprint density at radius 3 is 2.94 bits per heavy atom. The molecule has 0 bridgehead atoms. The quantitative estimate of drug-likeness (QED) is 0.721. The summed E-state index contributed by atoms with van der Waals surface area (Å²) in [5, 5.41) is 9.55. The van der Waals surface area contributed by atoms with Crippen LogP contribution in [-0.2, 0) is 6.54 Å². The molecule has 0 spiro atoms. The molecular formula is C11H15N3O2. The molecular weight excluding hydrogens is 206 g/mol. The molecule has 1 aliphatic heterocycles. The van der Waals surface area contributed by atoms with Crippen LogP contribution in [0.5, 0.6) is 0 Å². The molecule has 0 aliphatic carbocycles. The maximum atomic E-state index is 11.9. The summed E-state index contributed by atoms with van der Waals surface area (Å²) in [5.41, 5.74) is 5.99. The predicted molar refractivity (Wildman–Crippen MR) is 58.7 cm³/mol. The van der Waals surface area contributed by atoms with Crippen molar-refractivity contribution in [3.63, 3.8) is 0 Å². The molecule has 0 saturated carbocycles. The van der Waals surface area contributed by atoms with Gasteiger partial charge in [-0.25, -0.2) is 0 Å². The monoisotopic (exact) mass is 221 g/mol. The number of hydrogen-bond acceptors (Lipinski definition) is 4. The smallest absolute Gasteiger partial charge is 0.254 e. The van der Waals surface area contributed by atoms with E-state index in [4.69, 9.17) is 5.73 Å². The van der Waals surface area contributed by atoms with E-state index in [1.54, 1.807) is 30.2 Å². The van der Waals surface area contributed by atoms with Crippen molar-refractivity contribution < 1.29 is 9.90 Å². The Kier molecular flexibility index (Phi) is 2.65. The molecule has 5 nitrogen and oxygen atoms in total. The number of likely N-dealkylation sites (tertiary alicyclic amines) is 1. The van der Waals surface area contributed by atoms with E-state index in [1.165, 1.54) is 0 Å². The molecule has 2 rings (SSSR count). The van der Waals surface area contributed by atoms with Gasteiger partial charge >= 0.3 is 0 Å². The fourth-order valence-corrected chi connectivity index (χ4v) is 1.83. The summed E-state index contributed by atoms with van der Waals surface area (Å²) in [5.74, 6) is -0.0800. The average molecular weight is 221 g/mol. The highest BCUT2D eigenvalue weighted by atomic mass is 16.3. The summed E-state index contributed by atoms with van der Waals surface area (Å²) >= 11 is 0. The number of aromatic nitrogens is 1. The minimum atomic E-state index is -0.737. The van der Waals surface area contributed by atoms with Crippen molar-refractivity contribution in [2.24, 2.45) is 5.73 Å². The molecule has 2 heterocycles. The molecule has 1 fully saturated rings. The zero-order valence-corrected chi connectivity index (χ0v) is 9.18. The maximum absolute atomic E-state index is 11.9. The maximum Gasteiger partial charge on any atom is 0.254 e. The van der Waals surface area contributed by atoms with E-state index in [9.17, 15) is 9.90 Å². The van der Waals surface area contributed by atoms with Gasteiger partial charge in [-0.3, -0.25) is 9.78 Å². The number of hydrogen-bond donors (Lipinski definition) is 2. The van der Waals surface area contributed by atoms with E-state index < -0.39 is 5.60 Å². The molecule has 86 valence electrons. The molecule has 0 unspecified atom stereocenters. The summed E-state index contributed by atoms with van der Waals surface area (Å²) in [6.07, 6.45) is 1.58. The lowest BCUT2D eigenvalue weighted by molar-refractivity contribution is -0.0668. The van der Waals surface area contributed by atoms with Gasteiger partial charge in [0.2, 0.25) is 0 Å². The Morgan fingerprint density at radius 1 is 1.69 bits per heavy atom. The van der Waals surface area contributed by atoms with Crippen LogP contribution in [0.25, 0.3) is 0 Å². The topological polar surface area (TPSA) is 79.5 Å². The first-order valence-corrected chi connectivity index (χ1v) is 5.18. The van der Waals surface area contributed by atoms with Gasteiger partial charge in [0, 0.05) is 18.3 Å². The molecule has 5 heteroatoms. The normalized spacial score (nSPS) is 18.1. The first kappa shape index (κ1) is 11.0. The molecule has 1 aliphatic rings. The van der Waals surface area contributed by atoms with E-state index >= 15 is 0 Å². The second-order valence-electron chi connectivity index (χ2n) is 4.40. The van der Waals surface area contributed by atoms with Gasteiger partial charge < -0.3 is 15.7 Å². The fourth-order valence-electron chi connectivity index (χ4n) is 1.83. The first-order valence-electron chi connectivity index (χ1n) is 5.18. The van der Waals surface area contributed by atoms with Gasteiger partial charge in [0.05, 0.1) is 24.4 Å². The molecule has 1 aromatic rings. The van der Waals surface area contributed by atoms with Gasteiger partial charge in [0.1, 0.15) is 0 Å². The average Bonchev–Trinajstić information content (AvgIpc) is 2.25. The zero-order valence-electron chi connectivity index (χ0n) is 9.18. The Bertz CT molecular complexity index is 409. The third-order valence-corrected chi connectivity index (χ3v) is 2.62. The van der Waals surface area contributed by atoms with Gasteiger partial charge in [-0.1, -0.05) is 0 Å². The molecule has 0 atom stereocenters. The summed E-state index contributed by atoms with van der Waals surface area (Å²) in [7, 11) is 0. The van der Waals surface area contributed by atoms with Crippen LogP contribution in [0.15, 0.2) is 18.3 Å². The van der Waals surface area contributed by atoms with Crippen LogP contribution in [-0.4, -0.2) is 39.6 Å². The van der Waals surface area contributed by atoms with Gasteiger partial charge in [-0.05, 0) is 19.1 Å². The molecule has 1 amide bonds. The van der Waals surface area contributed by atoms with Crippen LogP contribution in [0.2, 0.25) is 0 Å². The molecule has 0 radical (unpaired) electrons. The van der Waals surface area contributed by atoms with Gasteiger partial charge in [-0.2, -0.15) is 0 Å². The number of nitrogens with zero attached hydrogens (tertiary/aromatic N) is 2. The molecule has 1 saturated heterocycles. The Balaban J connectivity index is 2.10. The van der Waals surface area contributed by atoms with E-state index in [0.717, 1.165) is 0 Å². The van der Waals surface area contributed by atoms with Gasteiger partial charge in [0.25, 0.3) is 5.91 Å². The zero-order chi connectivity index (χ0) is 11.8. The van der Waals surface area contributed by atoms with E-state index in [1.807, 2.05) is 0 Å². The van der Waals surface area contributed by atoms with E-state index in [2.05, 4.69) is 4.98 Å². The number of pyridine rings is 1. The highest BCUT2D eigenvalue weighted by Gasteiger charge is 2.39. The van der Waals surface area contributed by atoms with Crippen molar-refractivity contribution >= 4 is 5.91 Å². The van der Waals surface area contributed by atoms with Crippen LogP contribution in [0.3, 0.4) is 0 Å². The minimum Gasteiger partial charge on any atom is -0.386 e. The molecule has 16 heavy (non-hydrogen) atoms. The highest BCUT2D eigenvalue weighted by Crippen LogP contribution is 2.22. The SMILES string of the molecule is CC1(O)CN(C(=O)c2ccnc(CN)c2)C1. The number of nitrogens with two attached hydrogens (primary N) is 1. The van der Waals surface area contributed by atoms with Crippen molar-refractivity contribution in [3.05, 3.63) is 29.6 Å². The summed E-state index contributed by atoms with van der Waals surface area (Å²) in [6, 6.07) is 3.35. The van der Waals surface area contributed by atoms with Gasteiger partial charge in [-0.15, -0.1) is 0 Å². The number of amides is 1.